The lowest BCUT2D eigenvalue weighted by molar-refractivity contribution is 0.0931. The number of methoxy groups -OCH3 is 1. The minimum Gasteiger partial charge on any atom is -0.383 e. The summed E-state index contributed by atoms with van der Waals surface area (Å²) in [7, 11) is 1.55. The van der Waals surface area contributed by atoms with E-state index in [-0.39, 0.29) is 23.0 Å². The van der Waals surface area contributed by atoms with E-state index < -0.39 is 5.78 Å². The first kappa shape index (κ1) is 19.1. The average molecular weight is 378 g/mol. The molecular formula is C20H18N4O4. The number of hydrogen-bond acceptors (Lipinski definition) is 6. The number of fused-ring (bicyclic) bond motifs is 1. The van der Waals surface area contributed by atoms with Crippen LogP contribution in [0.5, 0.6) is 0 Å². The summed E-state index contributed by atoms with van der Waals surface area (Å²) in [5.74, 6) is -0.868. The van der Waals surface area contributed by atoms with Crippen LogP contribution in [0.2, 0.25) is 0 Å². The number of carbonyl (C=O) groups excluding carboxylic acids is 2. The highest BCUT2D eigenvalue weighted by Gasteiger charge is 2.10. The van der Waals surface area contributed by atoms with Crippen molar-refractivity contribution in [1.82, 2.24) is 20.3 Å². The molecule has 0 fully saturated rings. The molecule has 3 rings (SSSR count). The summed E-state index contributed by atoms with van der Waals surface area (Å²) < 4.78 is 4.88. The Labute approximate surface area is 160 Å². The standard InChI is InChI=1S/C20H18N4O4/c1-28-12-11-21-20(27)16-8-4-5-13(22-16)9-10-17(25)18-23-15-7-3-2-6-14(15)19(26)24-18/h2-10H,11-12H2,1H3,(H,21,27)(H,23,24,26). The zero-order valence-corrected chi connectivity index (χ0v) is 15.1. The van der Waals surface area contributed by atoms with Crippen LogP contribution >= 0.6 is 0 Å². The van der Waals surface area contributed by atoms with E-state index in [1.165, 1.54) is 12.2 Å². The highest BCUT2D eigenvalue weighted by molar-refractivity contribution is 6.05. The van der Waals surface area contributed by atoms with Crippen molar-refractivity contribution in [2.24, 2.45) is 0 Å². The normalized spacial score (nSPS) is 11.0. The summed E-state index contributed by atoms with van der Waals surface area (Å²) in [5, 5.41) is 3.09. The van der Waals surface area contributed by atoms with Gasteiger partial charge in [-0.1, -0.05) is 18.2 Å². The number of hydrogen-bond donors (Lipinski definition) is 2. The second-order valence-electron chi connectivity index (χ2n) is 5.83. The fourth-order valence-electron chi connectivity index (χ4n) is 2.47. The molecule has 0 saturated heterocycles. The Morgan fingerprint density at radius 3 is 2.79 bits per heavy atom. The van der Waals surface area contributed by atoms with Gasteiger partial charge in [-0.3, -0.25) is 14.4 Å². The third-order valence-electron chi connectivity index (χ3n) is 3.85. The second-order valence-corrected chi connectivity index (χ2v) is 5.83. The Morgan fingerprint density at radius 2 is 1.96 bits per heavy atom. The number of aromatic nitrogens is 3. The van der Waals surface area contributed by atoms with Crippen molar-refractivity contribution < 1.29 is 14.3 Å². The van der Waals surface area contributed by atoms with Gasteiger partial charge >= 0.3 is 0 Å². The smallest absolute Gasteiger partial charge is 0.269 e. The molecule has 0 radical (unpaired) electrons. The van der Waals surface area contributed by atoms with Crippen LogP contribution < -0.4 is 10.9 Å². The monoisotopic (exact) mass is 378 g/mol. The molecule has 0 aliphatic rings. The quantitative estimate of drug-likeness (QED) is 0.367. The Morgan fingerprint density at radius 1 is 1.14 bits per heavy atom. The van der Waals surface area contributed by atoms with Crippen LogP contribution in [0, 0.1) is 0 Å². The van der Waals surface area contributed by atoms with Crippen molar-refractivity contribution >= 4 is 28.7 Å². The first-order chi connectivity index (χ1) is 13.6. The number of rotatable bonds is 7. The van der Waals surface area contributed by atoms with Crippen LogP contribution in [0.3, 0.4) is 0 Å². The largest absolute Gasteiger partial charge is 0.383 e. The number of ether oxygens (including phenoxy) is 1. The van der Waals surface area contributed by atoms with Gasteiger partial charge in [0.15, 0.2) is 5.82 Å². The maximum atomic E-state index is 12.4. The number of nitrogens with zero attached hydrogens (tertiary/aromatic N) is 2. The number of H-pyrrole nitrogens is 1. The minimum atomic E-state index is -0.473. The molecule has 2 N–H and O–H groups in total. The summed E-state index contributed by atoms with van der Waals surface area (Å²) in [6.45, 7) is 0.771. The van der Waals surface area contributed by atoms with Gasteiger partial charge in [0.2, 0.25) is 5.78 Å². The molecule has 0 spiro atoms. The van der Waals surface area contributed by atoms with E-state index in [0.29, 0.717) is 29.7 Å². The van der Waals surface area contributed by atoms with E-state index in [1.54, 1.807) is 49.6 Å². The van der Waals surface area contributed by atoms with Crippen molar-refractivity contribution in [3.63, 3.8) is 0 Å². The van der Waals surface area contributed by atoms with Crippen LogP contribution in [-0.4, -0.2) is 46.9 Å². The van der Waals surface area contributed by atoms with Gasteiger partial charge in [0.25, 0.3) is 11.5 Å². The van der Waals surface area contributed by atoms with E-state index in [0.717, 1.165) is 0 Å². The highest BCUT2D eigenvalue weighted by atomic mass is 16.5. The molecule has 0 aliphatic heterocycles. The van der Waals surface area contributed by atoms with Crippen LogP contribution in [0.1, 0.15) is 26.8 Å². The van der Waals surface area contributed by atoms with Gasteiger partial charge in [0, 0.05) is 13.7 Å². The Kier molecular flexibility index (Phi) is 6.03. The number of pyridine rings is 1. The first-order valence-electron chi connectivity index (χ1n) is 8.54. The number of ketones is 1. The molecule has 1 amide bonds. The van der Waals surface area contributed by atoms with Crippen molar-refractivity contribution in [2.45, 2.75) is 0 Å². The molecule has 0 aliphatic carbocycles. The minimum absolute atomic E-state index is 0.0617. The van der Waals surface area contributed by atoms with Gasteiger partial charge in [-0.05, 0) is 36.4 Å². The topological polar surface area (TPSA) is 114 Å². The molecule has 0 saturated carbocycles. The van der Waals surface area contributed by atoms with Gasteiger partial charge < -0.3 is 15.0 Å². The maximum absolute atomic E-state index is 12.4. The number of carbonyl (C=O) groups is 2. The number of amides is 1. The van der Waals surface area contributed by atoms with Crippen molar-refractivity contribution in [1.29, 1.82) is 0 Å². The zero-order valence-electron chi connectivity index (χ0n) is 15.1. The number of benzene rings is 1. The first-order valence-corrected chi connectivity index (χ1v) is 8.54. The molecule has 2 aromatic heterocycles. The molecule has 0 unspecified atom stereocenters. The molecule has 142 valence electrons. The maximum Gasteiger partial charge on any atom is 0.269 e. The second kappa shape index (κ2) is 8.83. The van der Waals surface area contributed by atoms with Gasteiger partial charge in [-0.25, -0.2) is 9.97 Å². The molecular weight excluding hydrogens is 360 g/mol. The lowest BCUT2D eigenvalue weighted by atomic mass is 10.2. The van der Waals surface area contributed by atoms with Crippen LogP contribution in [0.25, 0.3) is 17.0 Å². The van der Waals surface area contributed by atoms with E-state index in [1.807, 2.05) is 0 Å². The number of nitrogens with one attached hydrogen (secondary N) is 2. The van der Waals surface area contributed by atoms with E-state index in [9.17, 15) is 14.4 Å². The predicted octanol–water partition coefficient (Wildman–Crippen LogP) is 1.59. The molecule has 1 aromatic carbocycles. The summed E-state index contributed by atoms with van der Waals surface area (Å²) in [6, 6.07) is 11.7. The zero-order chi connectivity index (χ0) is 19.9. The van der Waals surface area contributed by atoms with Crippen LogP contribution in [-0.2, 0) is 4.74 Å². The highest BCUT2D eigenvalue weighted by Crippen LogP contribution is 2.07. The van der Waals surface area contributed by atoms with Crippen LogP contribution in [0.15, 0.2) is 53.3 Å². The Hall–Kier alpha value is -3.65. The molecule has 3 aromatic rings. The summed E-state index contributed by atoms with van der Waals surface area (Å²) in [6.07, 6.45) is 2.71. The molecule has 8 nitrogen and oxygen atoms in total. The van der Waals surface area contributed by atoms with Gasteiger partial charge in [-0.2, -0.15) is 0 Å². The van der Waals surface area contributed by atoms with E-state index in [4.69, 9.17) is 4.74 Å². The number of aromatic amines is 1. The van der Waals surface area contributed by atoms with E-state index >= 15 is 0 Å². The lowest BCUT2D eigenvalue weighted by Gasteiger charge is -2.04. The van der Waals surface area contributed by atoms with Gasteiger partial charge in [0.1, 0.15) is 5.69 Å². The number of allylic oxidation sites excluding steroid dienone is 1. The van der Waals surface area contributed by atoms with E-state index in [2.05, 4.69) is 20.3 Å². The molecule has 8 heteroatoms. The van der Waals surface area contributed by atoms with Crippen molar-refractivity contribution in [3.05, 3.63) is 76.1 Å². The van der Waals surface area contributed by atoms with Crippen molar-refractivity contribution in [2.75, 3.05) is 20.3 Å². The third-order valence-corrected chi connectivity index (χ3v) is 3.85. The Balaban J connectivity index is 1.77. The number of para-hydroxylation sites is 1. The lowest BCUT2D eigenvalue weighted by Crippen LogP contribution is -2.27. The fraction of sp³-hybridized carbons (Fsp3) is 0.150. The van der Waals surface area contributed by atoms with Gasteiger partial charge in [-0.15, -0.1) is 0 Å². The molecule has 0 atom stereocenters. The summed E-state index contributed by atoms with van der Waals surface area (Å²) in [4.78, 5) is 47.3. The average Bonchev–Trinajstić information content (AvgIpc) is 2.72. The molecule has 0 bridgehead atoms. The third kappa shape index (κ3) is 4.54. The Bertz CT molecular complexity index is 1100. The van der Waals surface area contributed by atoms with Crippen molar-refractivity contribution in [3.8, 4) is 0 Å². The summed E-state index contributed by atoms with van der Waals surface area (Å²) in [5.41, 5.74) is 0.713. The van der Waals surface area contributed by atoms with Gasteiger partial charge in [0.05, 0.1) is 23.2 Å². The predicted molar refractivity (Wildman–Crippen MR) is 104 cm³/mol. The van der Waals surface area contributed by atoms with Crippen LogP contribution in [0.4, 0.5) is 0 Å². The summed E-state index contributed by atoms with van der Waals surface area (Å²) >= 11 is 0. The SMILES string of the molecule is COCCNC(=O)c1cccc(C=CC(=O)c2nc3ccccc3c(=O)[nH]2)n1. The fourth-order valence-corrected chi connectivity index (χ4v) is 2.47. The molecule has 28 heavy (non-hydrogen) atoms. The molecule has 2 heterocycles.